The number of hydrogen-bond donors (Lipinski definition) is 2. The Hall–Kier alpha value is -3.63. The van der Waals surface area contributed by atoms with Gasteiger partial charge in [-0.1, -0.05) is 12.7 Å². The van der Waals surface area contributed by atoms with E-state index >= 15 is 8.78 Å². The number of halogens is 4. The minimum Gasteiger partial charge on any atom is -0.494 e. The van der Waals surface area contributed by atoms with Crippen molar-refractivity contribution in [1.82, 2.24) is 5.32 Å². The lowest BCUT2D eigenvalue weighted by atomic mass is 9.97. The fourth-order valence-electron chi connectivity index (χ4n) is 5.38. The van der Waals surface area contributed by atoms with E-state index in [1.807, 2.05) is 20.8 Å². The number of ether oxygens (including phenoxy) is 2. The molecular formula is C34H41F4N3O3. The van der Waals surface area contributed by atoms with Crippen LogP contribution in [0.25, 0.3) is 0 Å². The van der Waals surface area contributed by atoms with E-state index in [1.54, 1.807) is 6.92 Å². The van der Waals surface area contributed by atoms with Crippen LogP contribution in [0.4, 0.5) is 23.2 Å². The number of nitrogens with zero attached hydrogens (tertiary/aromatic N) is 1. The molecule has 2 aromatic rings. The largest absolute Gasteiger partial charge is 0.494 e. The van der Waals surface area contributed by atoms with Gasteiger partial charge in [-0.3, -0.25) is 4.79 Å². The molecule has 0 spiro atoms. The number of ketones is 1. The molecule has 0 aromatic heterocycles. The summed E-state index contributed by atoms with van der Waals surface area (Å²) in [5, 5.41) is 3.35. The Kier molecular flexibility index (Phi) is 10.6. The van der Waals surface area contributed by atoms with Gasteiger partial charge in [0.25, 0.3) is 0 Å². The summed E-state index contributed by atoms with van der Waals surface area (Å²) in [5.74, 6) is -4.15. The van der Waals surface area contributed by atoms with Crippen LogP contribution in [0.5, 0.6) is 0 Å². The van der Waals surface area contributed by atoms with Gasteiger partial charge in [0.1, 0.15) is 40.5 Å². The van der Waals surface area contributed by atoms with E-state index in [-0.39, 0.29) is 29.1 Å². The molecule has 1 aliphatic heterocycles. The van der Waals surface area contributed by atoms with E-state index in [1.165, 1.54) is 24.3 Å². The van der Waals surface area contributed by atoms with E-state index in [0.717, 1.165) is 42.7 Å². The minimum atomic E-state index is -1.06. The van der Waals surface area contributed by atoms with Gasteiger partial charge < -0.3 is 25.4 Å². The van der Waals surface area contributed by atoms with Gasteiger partial charge in [-0.05, 0) is 102 Å². The van der Waals surface area contributed by atoms with Gasteiger partial charge in [0.05, 0.1) is 41.5 Å². The maximum atomic E-state index is 15.6. The van der Waals surface area contributed by atoms with Crippen molar-refractivity contribution in [3.8, 4) is 0 Å². The molecule has 3 N–H and O–H groups in total. The van der Waals surface area contributed by atoms with E-state index in [9.17, 15) is 13.6 Å². The van der Waals surface area contributed by atoms with E-state index < -0.39 is 46.3 Å². The molecule has 10 heteroatoms. The van der Waals surface area contributed by atoms with Gasteiger partial charge in [0, 0.05) is 6.07 Å². The number of carbonyl (C=O) groups is 1. The third-order valence-corrected chi connectivity index (χ3v) is 7.72. The Bertz CT molecular complexity index is 1420. The zero-order chi connectivity index (χ0) is 32.2. The van der Waals surface area contributed by atoms with Crippen LogP contribution in [0, 0.1) is 23.3 Å². The maximum Gasteiger partial charge on any atom is 0.199 e. The lowest BCUT2D eigenvalue weighted by Crippen LogP contribution is -2.40. The minimum absolute atomic E-state index is 0.135. The molecule has 1 saturated carbocycles. The highest BCUT2D eigenvalue weighted by Crippen LogP contribution is 2.33. The van der Waals surface area contributed by atoms with E-state index in [2.05, 4.69) is 11.9 Å². The zero-order valence-corrected chi connectivity index (χ0v) is 25.7. The number of Topliss-reactive ketones (excluding diaryl/α,β-unsaturated/α-hetero) is 1. The summed E-state index contributed by atoms with van der Waals surface area (Å²) in [5.41, 5.74) is 5.29. The summed E-state index contributed by atoms with van der Waals surface area (Å²) in [4.78, 5) is 14.2. The summed E-state index contributed by atoms with van der Waals surface area (Å²) < 4.78 is 70.9. The standard InChI is InChI=1S/C34H41F4N3O3/c1-20-10-12-26(32(42)25-13-11-23(35)18-27(25)36)33(39)41(20)31-28(37)16-22(17-29(31)38)14-15-40-30(19-43-34(3,4)5)21(2)44-24-8-6-7-9-24/h10-13,16-18,20,24,30,40H,2,6-9,14-15,19,39H2,1,3-5H3/t20?,30-/m0/s1. The summed E-state index contributed by atoms with van der Waals surface area (Å²) in [7, 11) is 0. The quantitative estimate of drug-likeness (QED) is 0.155. The first-order chi connectivity index (χ1) is 20.7. The molecular weight excluding hydrogens is 574 g/mol. The van der Waals surface area contributed by atoms with Crippen molar-refractivity contribution >= 4 is 11.5 Å². The molecule has 0 bridgehead atoms. The first kappa shape index (κ1) is 33.3. The molecule has 2 aromatic carbocycles. The number of rotatable bonds is 12. The van der Waals surface area contributed by atoms with Gasteiger partial charge in [-0.25, -0.2) is 17.6 Å². The lowest BCUT2D eigenvalue weighted by Gasteiger charge is -2.34. The van der Waals surface area contributed by atoms with E-state index in [0.29, 0.717) is 37.0 Å². The molecule has 6 nitrogen and oxygen atoms in total. The van der Waals surface area contributed by atoms with Crippen molar-refractivity contribution < 1.29 is 31.8 Å². The molecule has 4 rings (SSSR count). The second-order valence-corrected chi connectivity index (χ2v) is 12.3. The molecule has 1 aliphatic carbocycles. The first-order valence-electron chi connectivity index (χ1n) is 14.9. The van der Waals surface area contributed by atoms with Crippen molar-refractivity contribution in [2.24, 2.45) is 5.73 Å². The number of nitrogens with two attached hydrogens (primary N) is 1. The van der Waals surface area contributed by atoms with Crippen LogP contribution in [-0.2, 0) is 15.9 Å². The Labute approximate surface area is 256 Å². The smallest absolute Gasteiger partial charge is 0.199 e. The SMILES string of the molecule is C=C(OC1CCCC1)[C@H](COC(C)(C)C)NCCc1cc(F)c(N2C(N)=C(C(=O)c3ccc(F)cc3F)C=CC2C)c(F)c1. The summed E-state index contributed by atoms with van der Waals surface area (Å²) >= 11 is 0. The number of anilines is 1. The Balaban J connectivity index is 1.49. The molecule has 2 aliphatic rings. The normalized spacial score (nSPS) is 18.2. The Morgan fingerprint density at radius 3 is 2.36 bits per heavy atom. The van der Waals surface area contributed by atoms with Gasteiger partial charge in [-0.2, -0.15) is 0 Å². The summed E-state index contributed by atoms with van der Waals surface area (Å²) in [6.45, 7) is 12.3. The molecule has 44 heavy (non-hydrogen) atoms. The zero-order valence-electron chi connectivity index (χ0n) is 25.7. The van der Waals surface area contributed by atoms with Crippen LogP contribution in [0.15, 0.2) is 66.2 Å². The van der Waals surface area contributed by atoms with Gasteiger partial charge in [0.15, 0.2) is 5.78 Å². The number of nitrogens with one attached hydrogen (secondary N) is 1. The molecule has 0 amide bonds. The average Bonchev–Trinajstić information content (AvgIpc) is 3.44. The number of carbonyl (C=O) groups excluding carboxylic acids is 1. The second kappa shape index (κ2) is 14.0. The van der Waals surface area contributed by atoms with Crippen LogP contribution in [0.1, 0.15) is 69.3 Å². The molecule has 0 radical (unpaired) electrons. The van der Waals surface area contributed by atoms with Crippen molar-refractivity contribution in [1.29, 1.82) is 0 Å². The fraction of sp³-hybridized carbons (Fsp3) is 0.441. The summed E-state index contributed by atoms with van der Waals surface area (Å²) in [6, 6.07) is 4.07. The van der Waals surface area contributed by atoms with Gasteiger partial charge in [0.2, 0.25) is 0 Å². The highest BCUT2D eigenvalue weighted by Gasteiger charge is 2.31. The Morgan fingerprint density at radius 2 is 1.75 bits per heavy atom. The number of allylic oxidation sites excluding steroid dienone is 2. The van der Waals surface area contributed by atoms with Crippen LogP contribution in [-0.4, -0.2) is 42.7 Å². The van der Waals surface area contributed by atoms with Crippen molar-refractivity contribution in [2.75, 3.05) is 18.1 Å². The third kappa shape index (κ3) is 8.09. The van der Waals surface area contributed by atoms with Crippen LogP contribution in [0.3, 0.4) is 0 Å². The molecule has 1 unspecified atom stereocenters. The fourth-order valence-corrected chi connectivity index (χ4v) is 5.38. The van der Waals surface area contributed by atoms with E-state index in [4.69, 9.17) is 15.2 Å². The predicted octanol–water partition coefficient (Wildman–Crippen LogP) is 6.85. The van der Waals surface area contributed by atoms with Crippen LogP contribution < -0.4 is 16.0 Å². The summed E-state index contributed by atoms with van der Waals surface area (Å²) in [6.07, 6.45) is 7.56. The maximum absolute atomic E-state index is 15.6. The lowest BCUT2D eigenvalue weighted by molar-refractivity contribution is -0.0204. The average molecular weight is 616 g/mol. The monoisotopic (exact) mass is 615 g/mol. The van der Waals surface area contributed by atoms with Crippen molar-refractivity contribution in [3.05, 3.63) is 101 Å². The molecule has 1 fully saturated rings. The topological polar surface area (TPSA) is 76.8 Å². The van der Waals surface area contributed by atoms with Crippen LogP contribution >= 0.6 is 0 Å². The first-order valence-corrected chi connectivity index (χ1v) is 14.9. The molecule has 2 atom stereocenters. The second-order valence-electron chi connectivity index (χ2n) is 12.3. The third-order valence-electron chi connectivity index (χ3n) is 7.72. The van der Waals surface area contributed by atoms with Crippen LogP contribution in [0.2, 0.25) is 0 Å². The number of benzene rings is 2. The highest BCUT2D eigenvalue weighted by molar-refractivity contribution is 6.11. The van der Waals surface area contributed by atoms with Crippen molar-refractivity contribution in [3.63, 3.8) is 0 Å². The predicted molar refractivity (Wildman–Crippen MR) is 163 cm³/mol. The number of hydrogen-bond acceptors (Lipinski definition) is 6. The van der Waals surface area contributed by atoms with Gasteiger partial charge in [-0.15, -0.1) is 0 Å². The van der Waals surface area contributed by atoms with Crippen molar-refractivity contribution in [2.45, 2.75) is 83.6 Å². The molecule has 0 saturated heterocycles. The Morgan fingerprint density at radius 1 is 1.09 bits per heavy atom. The highest BCUT2D eigenvalue weighted by atomic mass is 19.1. The van der Waals surface area contributed by atoms with Gasteiger partial charge >= 0.3 is 0 Å². The molecule has 1 heterocycles. The molecule has 238 valence electrons.